The van der Waals surface area contributed by atoms with Crippen LogP contribution in [0, 0.1) is 11.8 Å². The van der Waals surface area contributed by atoms with Gasteiger partial charge < -0.3 is 10.2 Å². The van der Waals surface area contributed by atoms with Gasteiger partial charge in [-0.05, 0) is 57.3 Å². The van der Waals surface area contributed by atoms with Crippen molar-refractivity contribution >= 4 is 5.97 Å². The molecule has 3 nitrogen and oxygen atoms in total. The monoisotopic (exact) mass is 266 g/mol. The van der Waals surface area contributed by atoms with Crippen molar-refractivity contribution in [2.45, 2.75) is 58.0 Å². The predicted octanol–water partition coefficient (Wildman–Crippen LogP) is 3.54. The Morgan fingerprint density at radius 3 is 2.68 bits per heavy atom. The summed E-state index contributed by atoms with van der Waals surface area (Å²) < 4.78 is 0. The zero-order valence-corrected chi connectivity index (χ0v) is 11.8. The minimum Gasteiger partial charge on any atom is -0.481 e. The Hall–Kier alpha value is -1.09. The van der Waals surface area contributed by atoms with Gasteiger partial charge in [-0.2, -0.15) is 0 Å². The highest BCUT2D eigenvalue weighted by molar-refractivity contribution is 5.66. The van der Waals surface area contributed by atoms with E-state index in [-0.39, 0.29) is 12.5 Å². The molecular formula is C16H26O3. The molecule has 1 aliphatic carbocycles. The number of carboxylic acid groups (broad SMARTS) is 1. The van der Waals surface area contributed by atoms with Gasteiger partial charge in [0.1, 0.15) is 0 Å². The van der Waals surface area contributed by atoms with E-state index in [2.05, 4.69) is 18.2 Å². The summed E-state index contributed by atoms with van der Waals surface area (Å²) in [6, 6.07) is 0. The van der Waals surface area contributed by atoms with E-state index in [4.69, 9.17) is 10.2 Å². The highest BCUT2D eigenvalue weighted by Gasteiger charge is 2.34. The standard InChI is InChI=1S/C16H26O3/c1-13(17)8-7-10-15-12-14(15)9-5-3-2-4-6-11-16(18)19/h2-3,7-8,13-15,17H,4-6,9-12H2,1H3,(H,18,19)/b3-2-,8-7+/t13?,14-,15+/m1/s1. The number of allylic oxidation sites excluding steroid dienone is 3. The van der Waals surface area contributed by atoms with Crippen LogP contribution in [-0.4, -0.2) is 22.3 Å². The van der Waals surface area contributed by atoms with E-state index in [0.717, 1.165) is 37.5 Å². The lowest BCUT2D eigenvalue weighted by atomic mass is 10.1. The molecular weight excluding hydrogens is 240 g/mol. The van der Waals surface area contributed by atoms with Gasteiger partial charge >= 0.3 is 5.97 Å². The summed E-state index contributed by atoms with van der Waals surface area (Å²) >= 11 is 0. The van der Waals surface area contributed by atoms with Crippen LogP contribution in [0.4, 0.5) is 0 Å². The molecule has 0 aromatic rings. The van der Waals surface area contributed by atoms with Gasteiger partial charge in [-0.15, -0.1) is 0 Å². The molecule has 3 heteroatoms. The fourth-order valence-electron chi connectivity index (χ4n) is 2.32. The van der Waals surface area contributed by atoms with Crippen molar-refractivity contribution in [3.63, 3.8) is 0 Å². The molecule has 0 aromatic heterocycles. The molecule has 0 aromatic carbocycles. The zero-order chi connectivity index (χ0) is 14.1. The highest BCUT2D eigenvalue weighted by Crippen LogP contribution is 2.44. The normalized spacial score (nSPS) is 24.1. The van der Waals surface area contributed by atoms with Crippen molar-refractivity contribution in [3.8, 4) is 0 Å². The van der Waals surface area contributed by atoms with Gasteiger partial charge in [0.15, 0.2) is 0 Å². The first-order chi connectivity index (χ1) is 9.09. The third-order valence-corrected chi connectivity index (χ3v) is 3.55. The molecule has 3 atom stereocenters. The smallest absolute Gasteiger partial charge is 0.303 e. The Bertz CT molecular complexity index is 318. The number of aliphatic hydroxyl groups is 1. The maximum absolute atomic E-state index is 10.3. The van der Waals surface area contributed by atoms with Crippen LogP contribution >= 0.6 is 0 Å². The maximum Gasteiger partial charge on any atom is 0.303 e. The first-order valence-corrected chi connectivity index (χ1v) is 7.31. The molecule has 1 fully saturated rings. The quantitative estimate of drug-likeness (QED) is 0.469. The second-order valence-electron chi connectivity index (χ2n) is 5.50. The van der Waals surface area contributed by atoms with E-state index >= 15 is 0 Å². The molecule has 0 heterocycles. The number of hydrogen-bond acceptors (Lipinski definition) is 2. The zero-order valence-electron chi connectivity index (χ0n) is 11.8. The number of carboxylic acids is 1. The number of hydrogen-bond donors (Lipinski definition) is 2. The van der Waals surface area contributed by atoms with Gasteiger partial charge in [-0.25, -0.2) is 0 Å². The summed E-state index contributed by atoms with van der Waals surface area (Å²) in [5, 5.41) is 17.6. The van der Waals surface area contributed by atoms with E-state index in [0.29, 0.717) is 0 Å². The van der Waals surface area contributed by atoms with Crippen molar-refractivity contribution in [2.24, 2.45) is 11.8 Å². The van der Waals surface area contributed by atoms with Crippen LogP contribution < -0.4 is 0 Å². The van der Waals surface area contributed by atoms with Crippen LogP contribution in [0.2, 0.25) is 0 Å². The van der Waals surface area contributed by atoms with Crippen LogP contribution in [0.25, 0.3) is 0 Å². The van der Waals surface area contributed by atoms with Crippen molar-refractivity contribution in [1.29, 1.82) is 0 Å². The molecule has 0 amide bonds. The predicted molar refractivity (Wildman–Crippen MR) is 76.9 cm³/mol. The van der Waals surface area contributed by atoms with Gasteiger partial charge in [0.05, 0.1) is 6.10 Å². The SMILES string of the molecule is CC(O)/C=C/C[C@H]1C[C@H]1CC/C=C\CCCC(=O)O. The summed E-state index contributed by atoms with van der Waals surface area (Å²) in [5.41, 5.74) is 0. The lowest BCUT2D eigenvalue weighted by Gasteiger charge is -1.96. The molecule has 1 rings (SSSR count). The summed E-state index contributed by atoms with van der Waals surface area (Å²) in [7, 11) is 0. The molecule has 0 spiro atoms. The summed E-state index contributed by atoms with van der Waals surface area (Å²) in [6.07, 6.45) is 14.5. The van der Waals surface area contributed by atoms with Crippen molar-refractivity contribution < 1.29 is 15.0 Å². The second kappa shape index (κ2) is 8.92. The highest BCUT2D eigenvalue weighted by atomic mass is 16.4. The Labute approximate surface area is 116 Å². The number of rotatable bonds is 10. The summed E-state index contributed by atoms with van der Waals surface area (Å²) in [4.78, 5) is 10.3. The van der Waals surface area contributed by atoms with E-state index in [9.17, 15) is 4.79 Å². The van der Waals surface area contributed by atoms with Gasteiger partial charge in [0.2, 0.25) is 0 Å². The average molecular weight is 266 g/mol. The van der Waals surface area contributed by atoms with Gasteiger partial charge in [-0.1, -0.05) is 24.3 Å². The molecule has 2 N–H and O–H groups in total. The first kappa shape index (κ1) is 16.0. The molecule has 0 bridgehead atoms. The van der Waals surface area contributed by atoms with Crippen LogP contribution in [0.5, 0.6) is 0 Å². The lowest BCUT2D eigenvalue weighted by molar-refractivity contribution is -0.137. The Kier molecular flexibility index (Phi) is 7.49. The Morgan fingerprint density at radius 1 is 1.26 bits per heavy atom. The second-order valence-corrected chi connectivity index (χ2v) is 5.50. The van der Waals surface area contributed by atoms with Crippen molar-refractivity contribution in [3.05, 3.63) is 24.3 Å². The maximum atomic E-state index is 10.3. The molecule has 0 saturated heterocycles. The van der Waals surface area contributed by atoms with Crippen molar-refractivity contribution in [1.82, 2.24) is 0 Å². The summed E-state index contributed by atoms with van der Waals surface area (Å²) in [5.74, 6) is 0.956. The lowest BCUT2D eigenvalue weighted by Crippen LogP contribution is -1.92. The van der Waals surface area contributed by atoms with Gasteiger partial charge in [-0.3, -0.25) is 4.79 Å². The minimum atomic E-state index is -0.709. The average Bonchev–Trinajstić information content (AvgIpc) is 3.05. The fourth-order valence-corrected chi connectivity index (χ4v) is 2.32. The van der Waals surface area contributed by atoms with E-state index in [1.54, 1.807) is 6.92 Å². The molecule has 1 unspecified atom stereocenters. The third-order valence-electron chi connectivity index (χ3n) is 3.55. The first-order valence-electron chi connectivity index (χ1n) is 7.31. The number of aliphatic carboxylic acids is 1. The molecule has 1 aliphatic rings. The number of aliphatic hydroxyl groups excluding tert-OH is 1. The topological polar surface area (TPSA) is 57.5 Å². The van der Waals surface area contributed by atoms with Gasteiger partial charge in [0, 0.05) is 6.42 Å². The number of carbonyl (C=O) groups is 1. The fraction of sp³-hybridized carbons (Fsp3) is 0.688. The van der Waals surface area contributed by atoms with E-state index in [1.165, 1.54) is 12.8 Å². The van der Waals surface area contributed by atoms with E-state index in [1.807, 2.05) is 6.08 Å². The largest absolute Gasteiger partial charge is 0.481 e. The summed E-state index contributed by atoms with van der Waals surface area (Å²) in [6.45, 7) is 1.77. The van der Waals surface area contributed by atoms with Crippen LogP contribution in [0.1, 0.15) is 51.9 Å². The molecule has 0 radical (unpaired) electrons. The van der Waals surface area contributed by atoms with Crippen molar-refractivity contribution in [2.75, 3.05) is 0 Å². The number of unbranched alkanes of at least 4 members (excludes halogenated alkanes) is 1. The van der Waals surface area contributed by atoms with Crippen LogP contribution in [0.15, 0.2) is 24.3 Å². The van der Waals surface area contributed by atoms with E-state index < -0.39 is 5.97 Å². The molecule has 108 valence electrons. The van der Waals surface area contributed by atoms with Crippen LogP contribution in [-0.2, 0) is 4.79 Å². The van der Waals surface area contributed by atoms with Gasteiger partial charge in [0.25, 0.3) is 0 Å². The third kappa shape index (κ3) is 8.60. The minimum absolute atomic E-state index is 0.269. The van der Waals surface area contributed by atoms with Crippen LogP contribution in [0.3, 0.4) is 0 Å². The Morgan fingerprint density at radius 2 is 2.00 bits per heavy atom. The molecule has 1 saturated carbocycles. The molecule has 0 aliphatic heterocycles. The Balaban J connectivity index is 1.94. The molecule has 19 heavy (non-hydrogen) atoms.